The number of hydrogen-bond acceptors (Lipinski definition) is 3. The highest BCUT2D eigenvalue weighted by atomic mass is 14.9. The zero-order valence-electron chi connectivity index (χ0n) is 15.6. The van der Waals surface area contributed by atoms with E-state index < -0.39 is 0 Å². The van der Waals surface area contributed by atoms with Gasteiger partial charge < -0.3 is 0 Å². The summed E-state index contributed by atoms with van der Waals surface area (Å²) in [6.45, 7) is 4.49. The smallest absolute Gasteiger partial charge is 0.128 e. The van der Waals surface area contributed by atoms with Gasteiger partial charge in [0.15, 0.2) is 0 Å². The fourth-order valence-electron chi connectivity index (χ4n) is 3.95. The van der Waals surface area contributed by atoms with Crippen molar-refractivity contribution in [3.63, 3.8) is 0 Å². The predicted octanol–water partition coefficient (Wildman–Crippen LogP) is 5.74. The summed E-state index contributed by atoms with van der Waals surface area (Å²) < 4.78 is 0. The van der Waals surface area contributed by atoms with E-state index in [1.54, 1.807) is 0 Å². The lowest BCUT2D eigenvalue weighted by atomic mass is 9.67. The molecule has 1 aromatic heterocycles. The molecular weight excluding hydrogens is 294 g/mol. The van der Waals surface area contributed by atoms with Crippen LogP contribution < -0.4 is 0 Å². The monoisotopic (exact) mass is 327 g/mol. The molecule has 1 aromatic rings. The average Bonchev–Trinajstić information content (AvgIpc) is 2.63. The minimum absolute atomic E-state index is 0.343. The Bertz CT molecular complexity index is 507. The van der Waals surface area contributed by atoms with Crippen LogP contribution in [-0.2, 0) is 11.8 Å². The van der Waals surface area contributed by atoms with Gasteiger partial charge in [0.05, 0.1) is 11.5 Å². The van der Waals surface area contributed by atoms with Crippen molar-refractivity contribution in [1.82, 2.24) is 9.97 Å². The first-order valence-electron chi connectivity index (χ1n) is 9.96. The van der Waals surface area contributed by atoms with Gasteiger partial charge in [0.1, 0.15) is 5.82 Å². The van der Waals surface area contributed by atoms with E-state index in [-0.39, 0.29) is 5.41 Å². The number of rotatable bonds is 9. The number of aromatic nitrogens is 2. The molecule has 1 aliphatic rings. The van der Waals surface area contributed by atoms with Crippen molar-refractivity contribution in [2.24, 2.45) is 5.92 Å². The van der Waals surface area contributed by atoms with E-state index in [1.165, 1.54) is 57.8 Å². The van der Waals surface area contributed by atoms with Gasteiger partial charge >= 0.3 is 0 Å². The van der Waals surface area contributed by atoms with Crippen molar-refractivity contribution in [2.45, 2.75) is 96.3 Å². The van der Waals surface area contributed by atoms with Gasteiger partial charge in [-0.1, -0.05) is 52.4 Å². The molecule has 0 bridgehead atoms. The van der Waals surface area contributed by atoms with Crippen LogP contribution >= 0.6 is 0 Å². The summed E-state index contributed by atoms with van der Waals surface area (Å²) in [5.74, 6) is 1.74. The van der Waals surface area contributed by atoms with Gasteiger partial charge in [-0.2, -0.15) is 5.26 Å². The Hall–Kier alpha value is -1.43. The topological polar surface area (TPSA) is 49.6 Å². The maximum atomic E-state index is 9.80. The van der Waals surface area contributed by atoms with E-state index in [1.807, 2.05) is 12.4 Å². The van der Waals surface area contributed by atoms with Crippen molar-refractivity contribution < 1.29 is 0 Å². The van der Waals surface area contributed by atoms with E-state index in [9.17, 15) is 5.26 Å². The molecule has 0 spiro atoms. The van der Waals surface area contributed by atoms with Crippen molar-refractivity contribution in [3.8, 4) is 6.07 Å². The molecule has 3 nitrogen and oxygen atoms in total. The summed E-state index contributed by atoms with van der Waals surface area (Å²) in [5, 5.41) is 9.80. The first-order chi connectivity index (χ1) is 11.7. The van der Waals surface area contributed by atoms with E-state index in [0.29, 0.717) is 0 Å². The van der Waals surface area contributed by atoms with Gasteiger partial charge in [-0.15, -0.1) is 0 Å². The van der Waals surface area contributed by atoms with E-state index in [2.05, 4.69) is 29.9 Å². The summed E-state index contributed by atoms with van der Waals surface area (Å²) in [6, 6.07) is 2.60. The quantitative estimate of drug-likeness (QED) is 0.543. The highest BCUT2D eigenvalue weighted by Crippen LogP contribution is 2.42. The minimum atomic E-state index is -0.343. The van der Waals surface area contributed by atoms with Gasteiger partial charge in [0.25, 0.3) is 0 Å². The largest absolute Gasteiger partial charge is 0.241 e. The second kappa shape index (κ2) is 9.77. The van der Waals surface area contributed by atoms with Crippen LogP contribution in [0.5, 0.6) is 0 Å². The van der Waals surface area contributed by atoms with Gasteiger partial charge in [0.2, 0.25) is 0 Å². The SMILES string of the molecule is CCCCCCCc1ncc([C@]2(C#N)CC[C@H](CCC)CC2)cn1. The zero-order chi connectivity index (χ0) is 17.3. The average molecular weight is 328 g/mol. The molecule has 0 radical (unpaired) electrons. The molecule has 0 aromatic carbocycles. The molecule has 1 aliphatic carbocycles. The Morgan fingerprint density at radius 3 is 2.29 bits per heavy atom. The van der Waals surface area contributed by atoms with Gasteiger partial charge in [-0.05, 0) is 38.0 Å². The van der Waals surface area contributed by atoms with Crippen LogP contribution in [0.3, 0.4) is 0 Å². The molecule has 0 unspecified atom stereocenters. The first kappa shape index (κ1) is 18.9. The van der Waals surface area contributed by atoms with Crippen LogP contribution in [0.25, 0.3) is 0 Å². The van der Waals surface area contributed by atoms with Gasteiger partial charge in [-0.25, -0.2) is 9.97 Å². The maximum Gasteiger partial charge on any atom is 0.128 e. The summed E-state index contributed by atoms with van der Waals surface area (Å²) in [6.07, 6.45) is 18.0. The Labute approximate surface area is 147 Å². The summed E-state index contributed by atoms with van der Waals surface area (Å²) in [4.78, 5) is 9.12. The Kier molecular flexibility index (Phi) is 7.69. The number of nitriles is 1. The lowest BCUT2D eigenvalue weighted by Gasteiger charge is -2.34. The maximum absolute atomic E-state index is 9.80. The van der Waals surface area contributed by atoms with Crippen LogP contribution in [0.1, 0.15) is 95.9 Å². The third kappa shape index (κ3) is 5.03. The minimum Gasteiger partial charge on any atom is -0.241 e. The third-order valence-corrected chi connectivity index (χ3v) is 5.63. The molecule has 0 amide bonds. The van der Waals surface area contributed by atoms with Gasteiger partial charge in [-0.3, -0.25) is 0 Å². The van der Waals surface area contributed by atoms with Crippen LogP contribution in [0.4, 0.5) is 0 Å². The predicted molar refractivity (Wildman–Crippen MR) is 98.7 cm³/mol. The molecular formula is C21H33N3. The highest BCUT2D eigenvalue weighted by Gasteiger charge is 2.37. The fraction of sp³-hybridized carbons (Fsp3) is 0.762. The molecule has 24 heavy (non-hydrogen) atoms. The lowest BCUT2D eigenvalue weighted by Crippen LogP contribution is -2.30. The Morgan fingerprint density at radius 2 is 1.71 bits per heavy atom. The second-order valence-electron chi connectivity index (χ2n) is 7.48. The molecule has 0 saturated heterocycles. The van der Waals surface area contributed by atoms with Crippen molar-refractivity contribution in [1.29, 1.82) is 5.26 Å². The van der Waals surface area contributed by atoms with Crippen molar-refractivity contribution in [3.05, 3.63) is 23.8 Å². The van der Waals surface area contributed by atoms with Gasteiger partial charge in [0, 0.05) is 24.4 Å². The number of aryl methyl sites for hydroxylation is 1. The van der Waals surface area contributed by atoms with Crippen molar-refractivity contribution in [2.75, 3.05) is 0 Å². The fourth-order valence-corrected chi connectivity index (χ4v) is 3.95. The molecule has 3 heteroatoms. The van der Waals surface area contributed by atoms with Crippen LogP contribution in [-0.4, -0.2) is 9.97 Å². The Balaban J connectivity index is 1.90. The normalized spacial score (nSPS) is 23.8. The standard InChI is InChI=1S/C21H33N3/c1-3-5-6-7-8-10-20-23-15-19(16-24-20)21(17-22)13-11-18(9-4-2)12-14-21/h15-16,18H,3-14H2,1-2H3/t18-,21+. The molecule has 0 aliphatic heterocycles. The van der Waals surface area contributed by atoms with Crippen molar-refractivity contribution >= 4 is 0 Å². The van der Waals surface area contributed by atoms with Crippen LogP contribution in [0.15, 0.2) is 12.4 Å². The Morgan fingerprint density at radius 1 is 1.04 bits per heavy atom. The lowest BCUT2D eigenvalue weighted by molar-refractivity contribution is 0.264. The summed E-state index contributed by atoms with van der Waals surface area (Å²) in [7, 11) is 0. The molecule has 1 saturated carbocycles. The first-order valence-corrected chi connectivity index (χ1v) is 9.96. The zero-order valence-corrected chi connectivity index (χ0v) is 15.6. The molecule has 0 atom stereocenters. The molecule has 0 N–H and O–H groups in total. The third-order valence-electron chi connectivity index (χ3n) is 5.63. The second-order valence-corrected chi connectivity index (χ2v) is 7.48. The molecule has 1 fully saturated rings. The molecule has 132 valence electrons. The van der Waals surface area contributed by atoms with E-state index in [0.717, 1.165) is 36.6 Å². The van der Waals surface area contributed by atoms with E-state index in [4.69, 9.17) is 0 Å². The number of hydrogen-bond donors (Lipinski definition) is 0. The van der Waals surface area contributed by atoms with E-state index >= 15 is 0 Å². The highest BCUT2D eigenvalue weighted by molar-refractivity contribution is 5.29. The number of unbranched alkanes of at least 4 members (excludes halogenated alkanes) is 4. The molecule has 1 heterocycles. The molecule has 2 rings (SSSR count). The van der Waals surface area contributed by atoms with Crippen LogP contribution in [0, 0.1) is 17.2 Å². The summed E-state index contributed by atoms with van der Waals surface area (Å²) >= 11 is 0. The number of nitrogens with zero attached hydrogens (tertiary/aromatic N) is 3. The summed E-state index contributed by atoms with van der Waals surface area (Å²) in [5.41, 5.74) is 0.693. The van der Waals surface area contributed by atoms with Crippen LogP contribution in [0.2, 0.25) is 0 Å².